The van der Waals surface area contributed by atoms with Crippen LogP contribution in [-0.2, 0) is 6.42 Å². The van der Waals surface area contributed by atoms with Crippen LogP contribution in [0.5, 0.6) is 0 Å². The Morgan fingerprint density at radius 1 is 1.32 bits per heavy atom. The maximum atomic E-state index is 3.77. The minimum absolute atomic E-state index is 0.388. The Labute approximate surface area is 122 Å². The van der Waals surface area contributed by atoms with Gasteiger partial charge in [0.1, 0.15) is 0 Å². The van der Waals surface area contributed by atoms with Crippen molar-refractivity contribution in [2.24, 2.45) is 0 Å². The average Bonchev–Trinajstić information content (AvgIpc) is 3.05. The van der Waals surface area contributed by atoms with Crippen LogP contribution in [0.4, 0.5) is 0 Å². The highest BCUT2D eigenvalue weighted by Gasteiger charge is 2.35. The van der Waals surface area contributed by atoms with E-state index in [2.05, 4.69) is 50.3 Å². The van der Waals surface area contributed by atoms with E-state index in [4.69, 9.17) is 0 Å². The number of rotatable bonds is 6. The van der Waals surface area contributed by atoms with Gasteiger partial charge in [-0.2, -0.15) is 0 Å². The third-order valence-electron chi connectivity index (χ3n) is 4.68. The molecule has 1 atom stereocenters. The fourth-order valence-electron chi connectivity index (χ4n) is 3.08. The maximum absolute atomic E-state index is 3.77. The van der Waals surface area contributed by atoms with Crippen LogP contribution < -0.4 is 5.32 Å². The van der Waals surface area contributed by atoms with E-state index in [1.54, 1.807) is 0 Å². The Bertz CT molecular complexity index is 391. The van der Waals surface area contributed by atoms with Gasteiger partial charge in [0.25, 0.3) is 0 Å². The molecule has 1 aromatic rings. The van der Waals surface area contributed by atoms with Crippen LogP contribution in [0.3, 0.4) is 0 Å². The molecule has 0 saturated heterocycles. The van der Waals surface area contributed by atoms with Crippen molar-refractivity contribution in [3.05, 3.63) is 21.9 Å². The van der Waals surface area contributed by atoms with Crippen molar-refractivity contribution >= 4 is 11.3 Å². The second kappa shape index (κ2) is 6.38. The van der Waals surface area contributed by atoms with Gasteiger partial charge < -0.3 is 10.2 Å². The minimum atomic E-state index is 0.388. The predicted molar refractivity (Wildman–Crippen MR) is 85.0 cm³/mol. The highest BCUT2D eigenvalue weighted by atomic mass is 32.1. The van der Waals surface area contributed by atoms with Crippen molar-refractivity contribution in [3.8, 4) is 0 Å². The molecule has 0 amide bonds. The van der Waals surface area contributed by atoms with Gasteiger partial charge >= 0.3 is 0 Å². The lowest BCUT2D eigenvalue weighted by Crippen LogP contribution is -2.49. The van der Waals surface area contributed by atoms with Crippen LogP contribution in [-0.4, -0.2) is 31.1 Å². The van der Waals surface area contributed by atoms with Gasteiger partial charge in [-0.1, -0.05) is 19.8 Å². The molecule has 0 aromatic carbocycles. The molecule has 1 aromatic heterocycles. The Morgan fingerprint density at radius 2 is 2.00 bits per heavy atom. The SMILES string of the molecule is CCc1ccc(C(C)NCC2(N(C)C)CCCC2)s1. The Kier molecular flexibility index (Phi) is 5.04. The van der Waals surface area contributed by atoms with Crippen LogP contribution in [0.1, 0.15) is 55.3 Å². The van der Waals surface area contributed by atoms with Gasteiger partial charge in [0.05, 0.1) is 0 Å². The van der Waals surface area contributed by atoms with Crippen LogP contribution >= 0.6 is 11.3 Å². The molecule has 1 unspecified atom stereocenters. The third-order valence-corrected chi connectivity index (χ3v) is 6.09. The number of nitrogens with one attached hydrogen (secondary N) is 1. The number of hydrogen-bond donors (Lipinski definition) is 1. The zero-order valence-corrected chi connectivity index (χ0v) is 13.6. The molecular weight excluding hydrogens is 252 g/mol. The second-order valence-corrected chi connectivity index (χ2v) is 7.29. The Hall–Kier alpha value is -0.380. The normalized spacial score (nSPS) is 20.1. The molecule has 1 heterocycles. The maximum Gasteiger partial charge on any atom is 0.0386 e. The first-order valence-corrected chi connectivity index (χ1v) is 8.38. The monoisotopic (exact) mass is 280 g/mol. The highest BCUT2D eigenvalue weighted by Crippen LogP contribution is 2.34. The molecule has 1 aliphatic carbocycles. The lowest BCUT2D eigenvalue weighted by atomic mass is 9.95. The standard InChI is InChI=1S/C16H28N2S/c1-5-14-8-9-15(19-14)13(2)17-12-16(18(3)4)10-6-7-11-16/h8-9,13,17H,5-7,10-12H2,1-4H3. The van der Waals surface area contributed by atoms with Crippen molar-refractivity contribution in [1.82, 2.24) is 10.2 Å². The van der Waals surface area contributed by atoms with Crippen LogP contribution in [0.2, 0.25) is 0 Å². The summed E-state index contributed by atoms with van der Waals surface area (Å²) < 4.78 is 0. The van der Waals surface area contributed by atoms with E-state index in [-0.39, 0.29) is 0 Å². The summed E-state index contributed by atoms with van der Waals surface area (Å²) in [6.07, 6.45) is 6.59. The summed E-state index contributed by atoms with van der Waals surface area (Å²) in [6, 6.07) is 5.04. The van der Waals surface area contributed by atoms with Gasteiger partial charge in [-0.05, 0) is 52.4 Å². The first kappa shape index (κ1) is 15.0. The van der Waals surface area contributed by atoms with Gasteiger partial charge in [0.15, 0.2) is 0 Å². The molecule has 108 valence electrons. The molecule has 0 radical (unpaired) electrons. The molecule has 2 rings (SSSR count). The average molecular weight is 280 g/mol. The molecule has 2 nitrogen and oxygen atoms in total. The van der Waals surface area contributed by atoms with Gasteiger partial charge in [-0.3, -0.25) is 0 Å². The summed E-state index contributed by atoms with van der Waals surface area (Å²) in [5.41, 5.74) is 0.388. The van der Waals surface area contributed by atoms with E-state index < -0.39 is 0 Å². The smallest absolute Gasteiger partial charge is 0.0386 e. The molecule has 0 aliphatic heterocycles. The number of likely N-dealkylation sites (N-methyl/N-ethyl adjacent to an activating group) is 1. The predicted octanol–water partition coefficient (Wildman–Crippen LogP) is 3.84. The molecule has 19 heavy (non-hydrogen) atoms. The summed E-state index contributed by atoms with van der Waals surface area (Å²) >= 11 is 1.95. The van der Waals surface area contributed by atoms with Gasteiger partial charge in [-0.15, -0.1) is 11.3 Å². The number of hydrogen-bond acceptors (Lipinski definition) is 3. The van der Waals surface area contributed by atoms with Crippen molar-refractivity contribution in [1.29, 1.82) is 0 Å². The van der Waals surface area contributed by atoms with Gasteiger partial charge in [0.2, 0.25) is 0 Å². The summed E-state index contributed by atoms with van der Waals surface area (Å²) in [5.74, 6) is 0. The van der Waals surface area contributed by atoms with Crippen molar-refractivity contribution in [2.75, 3.05) is 20.6 Å². The molecule has 3 heteroatoms. The minimum Gasteiger partial charge on any atom is -0.308 e. The summed E-state index contributed by atoms with van der Waals surface area (Å²) in [4.78, 5) is 5.40. The number of nitrogens with zero attached hydrogens (tertiary/aromatic N) is 1. The molecule has 1 fully saturated rings. The second-order valence-electron chi connectivity index (χ2n) is 6.09. The number of aryl methyl sites for hydroxylation is 1. The van der Waals surface area contributed by atoms with Crippen molar-refractivity contribution in [2.45, 2.75) is 57.5 Å². The molecular formula is C16H28N2S. The van der Waals surface area contributed by atoms with Crippen LogP contribution in [0, 0.1) is 0 Å². The van der Waals surface area contributed by atoms with E-state index in [1.165, 1.54) is 35.4 Å². The molecule has 0 bridgehead atoms. The van der Waals surface area contributed by atoms with E-state index in [0.29, 0.717) is 11.6 Å². The first-order chi connectivity index (χ1) is 9.07. The zero-order valence-electron chi connectivity index (χ0n) is 12.8. The molecule has 1 saturated carbocycles. The topological polar surface area (TPSA) is 15.3 Å². The molecule has 1 aliphatic rings. The first-order valence-electron chi connectivity index (χ1n) is 7.57. The fraction of sp³-hybridized carbons (Fsp3) is 0.750. The van der Waals surface area contributed by atoms with Crippen LogP contribution in [0.15, 0.2) is 12.1 Å². The highest BCUT2D eigenvalue weighted by molar-refractivity contribution is 7.12. The Morgan fingerprint density at radius 3 is 2.53 bits per heavy atom. The van der Waals surface area contributed by atoms with E-state index in [0.717, 1.165) is 13.0 Å². The quantitative estimate of drug-likeness (QED) is 0.852. The lowest BCUT2D eigenvalue weighted by molar-refractivity contribution is 0.150. The zero-order chi connectivity index (χ0) is 13.9. The fourth-order valence-corrected chi connectivity index (χ4v) is 4.06. The van der Waals surface area contributed by atoms with Gasteiger partial charge in [-0.25, -0.2) is 0 Å². The summed E-state index contributed by atoms with van der Waals surface area (Å²) in [6.45, 7) is 5.64. The molecule has 0 spiro atoms. The Balaban J connectivity index is 1.93. The van der Waals surface area contributed by atoms with E-state index >= 15 is 0 Å². The largest absolute Gasteiger partial charge is 0.308 e. The van der Waals surface area contributed by atoms with Gasteiger partial charge in [0, 0.05) is 27.9 Å². The van der Waals surface area contributed by atoms with E-state index in [1.807, 2.05) is 11.3 Å². The van der Waals surface area contributed by atoms with Crippen molar-refractivity contribution in [3.63, 3.8) is 0 Å². The van der Waals surface area contributed by atoms with E-state index in [9.17, 15) is 0 Å². The lowest BCUT2D eigenvalue weighted by Gasteiger charge is -2.37. The number of thiophene rings is 1. The molecule has 1 N–H and O–H groups in total. The summed E-state index contributed by atoms with van der Waals surface area (Å²) in [5, 5.41) is 3.77. The van der Waals surface area contributed by atoms with Crippen molar-refractivity contribution < 1.29 is 0 Å². The summed E-state index contributed by atoms with van der Waals surface area (Å²) in [7, 11) is 4.47. The van der Waals surface area contributed by atoms with Crippen LogP contribution in [0.25, 0.3) is 0 Å². The third kappa shape index (κ3) is 3.39.